The number of hydrogen-bond acceptors (Lipinski definition) is 4. The number of fused-ring (bicyclic) bond motifs is 1. The molecule has 1 saturated heterocycles. The lowest BCUT2D eigenvalue weighted by atomic mass is 10.0. The molecule has 1 aromatic heterocycles. The maximum Gasteiger partial charge on any atom is 0.316 e. The van der Waals surface area contributed by atoms with Gasteiger partial charge in [-0.1, -0.05) is 6.42 Å². The monoisotopic (exact) mass is 365 g/mol. The summed E-state index contributed by atoms with van der Waals surface area (Å²) < 4.78 is 30.4. The third-order valence-corrected chi connectivity index (χ3v) is 7.27. The third kappa shape index (κ3) is 2.73. The highest BCUT2D eigenvalue weighted by atomic mass is 32.2. The highest BCUT2D eigenvalue weighted by Crippen LogP contribution is 2.30. The van der Waals surface area contributed by atoms with Crippen LogP contribution in [0.3, 0.4) is 0 Å². The fourth-order valence-electron chi connectivity index (χ4n) is 3.71. The van der Waals surface area contributed by atoms with Gasteiger partial charge in [0.15, 0.2) is 0 Å². The van der Waals surface area contributed by atoms with Crippen LogP contribution in [-0.2, 0) is 24.1 Å². The Bertz CT molecular complexity index is 1040. The summed E-state index contributed by atoms with van der Waals surface area (Å²) in [6, 6.07) is 4.46. The second kappa shape index (κ2) is 6.10. The Labute approximate surface area is 146 Å². The molecule has 2 heterocycles. The maximum absolute atomic E-state index is 13.2. The first kappa shape index (κ1) is 17.9. The van der Waals surface area contributed by atoms with Crippen molar-refractivity contribution >= 4 is 21.1 Å². The number of nitrogens with zero attached hydrogens (tertiary/aromatic N) is 3. The summed E-state index contributed by atoms with van der Waals surface area (Å²) >= 11 is 0. The predicted octanol–water partition coefficient (Wildman–Crippen LogP) is 1.19. The van der Waals surface area contributed by atoms with Crippen LogP contribution in [0, 0.1) is 0 Å². The smallest absolute Gasteiger partial charge is 0.305 e. The van der Waals surface area contributed by atoms with Crippen LogP contribution >= 0.6 is 0 Å². The Morgan fingerprint density at radius 1 is 0.920 bits per heavy atom. The van der Waals surface area contributed by atoms with Gasteiger partial charge in [0.2, 0.25) is 10.0 Å². The van der Waals surface area contributed by atoms with E-state index < -0.39 is 21.1 Å². The average Bonchev–Trinajstić information content (AvgIpc) is 2.57. The molecule has 2 aromatic rings. The molecule has 0 spiro atoms. The minimum Gasteiger partial charge on any atom is -0.305 e. The van der Waals surface area contributed by atoms with Crippen LogP contribution < -0.4 is 11.1 Å². The first-order chi connectivity index (χ1) is 11.7. The number of aryl methyl sites for hydroxylation is 2. The first-order valence-corrected chi connectivity index (χ1v) is 9.83. The van der Waals surface area contributed by atoms with Crippen molar-refractivity contribution in [2.24, 2.45) is 14.1 Å². The summed E-state index contributed by atoms with van der Waals surface area (Å²) in [6.45, 7) is 3.85. The Morgan fingerprint density at radius 3 is 2.00 bits per heavy atom. The van der Waals surface area contributed by atoms with Gasteiger partial charge in [-0.05, 0) is 44.9 Å². The van der Waals surface area contributed by atoms with Gasteiger partial charge in [0.05, 0.1) is 15.9 Å². The Morgan fingerprint density at radius 2 is 1.44 bits per heavy atom. The van der Waals surface area contributed by atoms with Gasteiger partial charge in [-0.25, -0.2) is 8.42 Å². The number of aromatic nitrogens is 2. The lowest BCUT2D eigenvalue weighted by molar-refractivity contribution is 0.204. The van der Waals surface area contributed by atoms with Crippen LogP contribution in [0.15, 0.2) is 32.7 Å². The van der Waals surface area contributed by atoms with Crippen molar-refractivity contribution in [1.82, 2.24) is 13.4 Å². The van der Waals surface area contributed by atoms with Gasteiger partial charge >= 0.3 is 11.1 Å². The topological polar surface area (TPSA) is 81.4 Å². The fourth-order valence-corrected chi connectivity index (χ4v) is 5.62. The molecule has 1 aliphatic heterocycles. The lowest BCUT2D eigenvalue weighted by Gasteiger charge is -2.37. The molecule has 7 nitrogen and oxygen atoms in total. The second-order valence-electron chi connectivity index (χ2n) is 6.84. The molecule has 136 valence electrons. The van der Waals surface area contributed by atoms with E-state index in [1.807, 2.05) is 13.8 Å². The van der Waals surface area contributed by atoms with Gasteiger partial charge in [0.25, 0.3) is 0 Å². The number of hydrogen-bond donors (Lipinski definition) is 0. The minimum atomic E-state index is -3.67. The molecule has 25 heavy (non-hydrogen) atoms. The van der Waals surface area contributed by atoms with Crippen molar-refractivity contribution in [1.29, 1.82) is 0 Å². The average molecular weight is 365 g/mol. The quantitative estimate of drug-likeness (QED) is 0.749. The molecule has 0 bridgehead atoms. The van der Waals surface area contributed by atoms with E-state index in [4.69, 9.17) is 0 Å². The summed E-state index contributed by atoms with van der Waals surface area (Å²) in [7, 11) is -0.684. The largest absolute Gasteiger partial charge is 0.316 e. The summed E-state index contributed by atoms with van der Waals surface area (Å²) in [4.78, 5) is 24.1. The third-order valence-electron chi connectivity index (χ3n) is 5.15. The Kier molecular flexibility index (Phi) is 4.36. The number of sulfonamides is 1. The normalized spacial score (nSPS) is 22.4. The zero-order valence-electron chi connectivity index (χ0n) is 14.9. The van der Waals surface area contributed by atoms with Crippen LogP contribution in [0.2, 0.25) is 0 Å². The van der Waals surface area contributed by atoms with Crippen LogP contribution in [0.1, 0.15) is 33.1 Å². The number of piperidine rings is 1. The van der Waals surface area contributed by atoms with E-state index in [2.05, 4.69) is 0 Å². The predicted molar refractivity (Wildman–Crippen MR) is 96.2 cm³/mol. The molecule has 0 radical (unpaired) electrons. The van der Waals surface area contributed by atoms with Crippen LogP contribution in [0.25, 0.3) is 11.0 Å². The van der Waals surface area contributed by atoms with E-state index in [0.29, 0.717) is 11.0 Å². The number of rotatable bonds is 2. The first-order valence-electron chi connectivity index (χ1n) is 8.39. The molecule has 0 N–H and O–H groups in total. The van der Waals surface area contributed by atoms with Crippen LogP contribution in [0.5, 0.6) is 0 Å². The zero-order valence-corrected chi connectivity index (χ0v) is 15.7. The molecule has 3 rings (SSSR count). The van der Waals surface area contributed by atoms with Gasteiger partial charge in [-0.15, -0.1) is 0 Å². The van der Waals surface area contributed by atoms with Crippen molar-refractivity contribution in [3.63, 3.8) is 0 Å². The molecular weight excluding hydrogens is 342 g/mol. The van der Waals surface area contributed by atoms with E-state index in [9.17, 15) is 18.0 Å². The second-order valence-corrected chi connectivity index (χ2v) is 8.69. The maximum atomic E-state index is 13.2. The van der Waals surface area contributed by atoms with Gasteiger partial charge in [-0.3, -0.25) is 9.59 Å². The van der Waals surface area contributed by atoms with Crippen LogP contribution in [0.4, 0.5) is 0 Å². The molecular formula is C17H23N3O4S. The SMILES string of the molecule is C[C@H]1CCC[C@H](C)N1S(=O)(=O)c1ccc2c(c1)n(C)c(=O)c(=O)n2C. The van der Waals surface area contributed by atoms with E-state index in [1.54, 1.807) is 10.4 Å². The highest BCUT2D eigenvalue weighted by molar-refractivity contribution is 7.89. The fraction of sp³-hybridized carbons (Fsp3) is 0.529. The van der Waals surface area contributed by atoms with E-state index >= 15 is 0 Å². The molecule has 1 aliphatic rings. The molecule has 2 atom stereocenters. The van der Waals surface area contributed by atoms with Crippen molar-refractivity contribution in [3.8, 4) is 0 Å². The molecule has 0 aliphatic carbocycles. The van der Waals surface area contributed by atoms with E-state index in [0.717, 1.165) is 19.3 Å². The lowest BCUT2D eigenvalue weighted by Crippen LogP contribution is -2.47. The standard InChI is InChI=1S/C17H23N3O4S/c1-11-6-5-7-12(2)20(11)25(23,24)13-8-9-14-15(10-13)19(4)17(22)16(21)18(14)3/h8-12H,5-7H2,1-4H3/t11-,12-/m0/s1. The van der Waals surface area contributed by atoms with E-state index in [1.165, 1.54) is 35.4 Å². The Balaban J connectivity index is 2.23. The molecule has 1 aromatic carbocycles. The highest BCUT2D eigenvalue weighted by Gasteiger charge is 2.35. The van der Waals surface area contributed by atoms with Gasteiger partial charge in [0, 0.05) is 26.2 Å². The molecule has 8 heteroatoms. The zero-order chi connectivity index (χ0) is 18.5. The molecule has 0 saturated carbocycles. The summed E-state index contributed by atoms with van der Waals surface area (Å²) in [5.74, 6) is 0. The van der Waals surface area contributed by atoms with E-state index in [-0.39, 0.29) is 17.0 Å². The van der Waals surface area contributed by atoms with Crippen LogP contribution in [-0.4, -0.2) is 33.9 Å². The van der Waals surface area contributed by atoms with Gasteiger partial charge in [-0.2, -0.15) is 4.31 Å². The van der Waals surface area contributed by atoms with Crippen molar-refractivity contribution in [3.05, 3.63) is 38.9 Å². The summed E-state index contributed by atoms with van der Waals surface area (Å²) in [5.41, 5.74) is -0.371. The Hall–Kier alpha value is -1.93. The minimum absolute atomic E-state index is 0.0617. The summed E-state index contributed by atoms with van der Waals surface area (Å²) in [5, 5.41) is 0. The van der Waals surface area contributed by atoms with Crippen molar-refractivity contribution in [2.45, 2.75) is 50.1 Å². The molecule has 1 fully saturated rings. The molecule has 0 unspecified atom stereocenters. The summed E-state index contributed by atoms with van der Waals surface area (Å²) in [6.07, 6.45) is 2.69. The van der Waals surface area contributed by atoms with Gasteiger partial charge in [0.1, 0.15) is 0 Å². The van der Waals surface area contributed by atoms with Gasteiger partial charge < -0.3 is 9.13 Å². The number of benzene rings is 1. The van der Waals surface area contributed by atoms with Crippen molar-refractivity contribution in [2.75, 3.05) is 0 Å². The van der Waals surface area contributed by atoms with Crippen molar-refractivity contribution < 1.29 is 8.42 Å². The molecule has 0 amide bonds.